The van der Waals surface area contributed by atoms with E-state index in [0.29, 0.717) is 12.4 Å². The number of hydrogen-bond acceptors (Lipinski definition) is 4. The maximum Gasteiger partial charge on any atom is 0.226 e. The fourth-order valence-corrected chi connectivity index (χ4v) is 4.22. The lowest BCUT2D eigenvalue weighted by Crippen LogP contribution is -2.48. The van der Waals surface area contributed by atoms with Gasteiger partial charge in [-0.15, -0.1) is 0 Å². The summed E-state index contributed by atoms with van der Waals surface area (Å²) in [5.41, 5.74) is 4.56. The zero-order valence-corrected chi connectivity index (χ0v) is 18.2. The van der Waals surface area contributed by atoms with Crippen molar-refractivity contribution in [2.24, 2.45) is 4.99 Å². The number of guanidine groups is 1. The predicted molar refractivity (Wildman–Crippen MR) is 123 cm³/mol. The van der Waals surface area contributed by atoms with Gasteiger partial charge in [0, 0.05) is 37.8 Å². The molecule has 31 heavy (non-hydrogen) atoms. The van der Waals surface area contributed by atoms with Crippen molar-refractivity contribution in [1.29, 1.82) is 0 Å². The first-order valence-electron chi connectivity index (χ1n) is 10.8. The van der Waals surface area contributed by atoms with Gasteiger partial charge in [-0.05, 0) is 43.0 Å². The Bertz CT molecular complexity index is 1010. The smallest absolute Gasteiger partial charge is 0.226 e. The van der Waals surface area contributed by atoms with E-state index in [1.54, 1.807) is 13.3 Å². The number of ether oxygens (including phenoxy) is 1. The van der Waals surface area contributed by atoms with Crippen LogP contribution in [0.25, 0.3) is 11.5 Å². The van der Waals surface area contributed by atoms with Crippen molar-refractivity contribution in [2.75, 3.05) is 26.8 Å². The number of aromatic nitrogens is 1. The van der Waals surface area contributed by atoms with Crippen molar-refractivity contribution < 1.29 is 9.15 Å². The molecule has 1 saturated heterocycles. The highest BCUT2D eigenvalue weighted by molar-refractivity contribution is 5.79. The van der Waals surface area contributed by atoms with Gasteiger partial charge in [0.2, 0.25) is 5.89 Å². The molecule has 2 aromatic carbocycles. The number of rotatable bonds is 6. The normalized spacial score (nSPS) is 16.1. The fourth-order valence-electron chi connectivity index (χ4n) is 4.22. The minimum absolute atomic E-state index is 0.0373. The average molecular weight is 419 g/mol. The van der Waals surface area contributed by atoms with Crippen LogP contribution in [0.2, 0.25) is 0 Å². The van der Waals surface area contributed by atoms with Crippen molar-refractivity contribution in [1.82, 2.24) is 15.6 Å². The lowest BCUT2D eigenvalue weighted by Gasteiger charge is -2.39. The number of oxazole rings is 1. The van der Waals surface area contributed by atoms with Gasteiger partial charge in [0.1, 0.15) is 6.26 Å². The Hall–Kier alpha value is -3.12. The van der Waals surface area contributed by atoms with Crippen LogP contribution in [0.5, 0.6) is 0 Å². The van der Waals surface area contributed by atoms with E-state index in [4.69, 9.17) is 9.15 Å². The van der Waals surface area contributed by atoms with Crippen LogP contribution in [0, 0.1) is 6.92 Å². The van der Waals surface area contributed by atoms with Crippen molar-refractivity contribution in [3.63, 3.8) is 0 Å². The Morgan fingerprint density at radius 1 is 1.03 bits per heavy atom. The van der Waals surface area contributed by atoms with Gasteiger partial charge in [-0.1, -0.05) is 42.5 Å². The molecule has 3 aromatic rings. The third-order valence-electron chi connectivity index (χ3n) is 5.99. The van der Waals surface area contributed by atoms with Crippen LogP contribution in [0.3, 0.4) is 0 Å². The average Bonchev–Trinajstić information content (AvgIpc) is 3.30. The van der Waals surface area contributed by atoms with Gasteiger partial charge in [0.25, 0.3) is 0 Å². The number of hydrogen-bond donors (Lipinski definition) is 2. The molecule has 0 bridgehead atoms. The maximum absolute atomic E-state index is 5.67. The third-order valence-corrected chi connectivity index (χ3v) is 5.99. The van der Waals surface area contributed by atoms with E-state index in [9.17, 15) is 0 Å². The molecule has 0 saturated carbocycles. The summed E-state index contributed by atoms with van der Waals surface area (Å²) >= 11 is 0. The van der Waals surface area contributed by atoms with Crippen LogP contribution in [-0.2, 0) is 16.7 Å². The van der Waals surface area contributed by atoms with E-state index >= 15 is 0 Å². The van der Waals surface area contributed by atoms with Gasteiger partial charge in [-0.25, -0.2) is 4.98 Å². The molecule has 1 aromatic heterocycles. The minimum Gasteiger partial charge on any atom is -0.444 e. The summed E-state index contributed by atoms with van der Waals surface area (Å²) in [6.45, 7) is 5.09. The molecule has 1 fully saturated rings. The van der Waals surface area contributed by atoms with E-state index in [0.717, 1.165) is 49.8 Å². The molecular weight excluding hydrogens is 388 g/mol. The SMILES string of the molecule is CN=C(NCc1coc(-c2ccccc2)n1)NCC1(c2ccccc2C)CCOCC1. The standard InChI is InChI=1S/C25H30N4O2/c1-19-8-6-7-11-22(19)25(12-14-30-15-13-25)18-28-24(26-2)27-16-21-17-31-23(29-21)20-9-4-3-5-10-20/h3-11,17H,12-16,18H2,1-2H3,(H2,26,27,28). The summed E-state index contributed by atoms with van der Waals surface area (Å²) in [6, 6.07) is 18.6. The minimum atomic E-state index is 0.0373. The lowest BCUT2D eigenvalue weighted by atomic mass is 9.72. The van der Waals surface area contributed by atoms with E-state index in [2.05, 4.69) is 51.8 Å². The Morgan fingerprint density at radius 2 is 1.77 bits per heavy atom. The van der Waals surface area contributed by atoms with Crippen molar-refractivity contribution >= 4 is 5.96 Å². The monoisotopic (exact) mass is 418 g/mol. The quantitative estimate of drug-likeness (QED) is 0.467. The van der Waals surface area contributed by atoms with Crippen molar-refractivity contribution in [2.45, 2.75) is 31.7 Å². The van der Waals surface area contributed by atoms with Gasteiger partial charge in [-0.2, -0.15) is 0 Å². The molecule has 0 amide bonds. The fraction of sp³-hybridized carbons (Fsp3) is 0.360. The summed E-state index contributed by atoms with van der Waals surface area (Å²) in [5.74, 6) is 1.38. The second-order valence-electron chi connectivity index (χ2n) is 8.00. The molecule has 2 heterocycles. The summed E-state index contributed by atoms with van der Waals surface area (Å²) in [7, 11) is 1.79. The van der Waals surface area contributed by atoms with Crippen LogP contribution in [0.1, 0.15) is 29.7 Å². The molecule has 1 aliphatic rings. The second kappa shape index (κ2) is 9.79. The van der Waals surface area contributed by atoms with E-state index in [1.165, 1.54) is 11.1 Å². The van der Waals surface area contributed by atoms with Crippen LogP contribution >= 0.6 is 0 Å². The molecule has 0 unspecified atom stereocenters. The Morgan fingerprint density at radius 3 is 2.52 bits per heavy atom. The third kappa shape index (κ3) is 4.97. The molecule has 162 valence electrons. The molecule has 1 aliphatic heterocycles. The zero-order chi connectivity index (χ0) is 21.5. The first kappa shape index (κ1) is 21.1. The van der Waals surface area contributed by atoms with Crippen LogP contribution < -0.4 is 10.6 Å². The van der Waals surface area contributed by atoms with Gasteiger partial charge in [0.15, 0.2) is 5.96 Å². The molecule has 0 radical (unpaired) electrons. The molecule has 0 atom stereocenters. The Balaban J connectivity index is 1.40. The molecule has 6 nitrogen and oxygen atoms in total. The molecule has 4 rings (SSSR count). The van der Waals surface area contributed by atoms with Crippen molar-refractivity contribution in [3.8, 4) is 11.5 Å². The van der Waals surface area contributed by atoms with E-state index < -0.39 is 0 Å². The lowest BCUT2D eigenvalue weighted by molar-refractivity contribution is 0.0512. The highest BCUT2D eigenvalue weighted by Crippen LogP contribution is 2.36. The number of nitrogens with zero attached hydrogens (tertiary/aromatic N) is 2. The molecule has 0 spiro atoms. The molecule has 2 N–H and O–H groups in total. The van der Waals surface area contributed by atoms with E-state index in [-0.39, 0.29) is 5.41 Å². The van der Waals surface area contributed by atoms with Gasteiger partial charge in [0.05, 0.1) is 12.2 Å². The second-order valence-corrected chi connectivity index (χ2v) is 8.00. The van der Waals surface area contributed by atoms with Crippen molar-refractivity contribution in [3.05, 3.63) is 77.7 Å². The summed E-state index contributed by atoms with van der Waals surface area (Å²) in [4.78, 5) is 8.99. The van der Waals surface area contributed by atoms with Gasteiger partial charge < -0.3 is 19.8 Å². The topological polar surface area (TPSA) is 71.7 Å². The summed E-state index contributed by atoms with van der Waals surface area (Å²) in [6.07, 6.45) is 3.67. The maximum atomic E-state index is 5.67. The molecular formula is C25H30N4O2. The zero-order valence-electron chi connectivity index (χ0n) is 18.2. The Labute approximate surface area is 183 Å². The predicted octanol–water partition coefficient (Wildman–Crippen LogP) is 4.06. The number of nitrogens with one attached hydrogen (secondary N) is 2. The van der Waals surface area contributed by atoms with E-state index in [1.807, 2.05) is 30.3 Å². The highest BCUT2D eigenvalue weighted by Gasteiger charge is 2.35. The molecule has 6 heteroatoms. The molecule has 0 aliphatic carbocycles. The number of benzene rings is 2. The van der Waals surface area contributed by atoms with Gasteiger partial charge in [-0.3, -0.25) is 4.99 Å². The van der Waals surface area contributed by atoms with Crippen LogP contribution in [0.15, 0.2) is 70.3 Å². The first-order valence-corrected chi connectivity index (χ1v) is 10.8. The Kier molecular flexibility index (Phi) is 6.67. The summed E-state index contributed by atoms with van der Waals surface area (Å²) < 4.78 is 11.3. The van der Waals surface area contributed by atoms with Gasteiger partial charge >= 0.3 is 0 Å². The summed E-state index contributed by atoms with van der Waals surface area (Å²) in [5, 5.41) is 6.90. The highest BCUT2D eigenvalue weighted by atomic mass is 16.5. The van der Waals surface area contributed by atoms with Crippen LogP contribution in [0.4, 0.5) is 0 Å². The number of aryl methyl sites for hydroxylation is 1. The largest absolute Gasteiger partial charge is 0.444 e. The first-order chi connectivity index (χ1) is 15.2. The van der Waals surface area contributed by atoms with Crippen LogP contribution in [-0.4, -0.2) is 37.7 Å². The number of aliphatic imine (C=N–C) groups is 1.